The molecule has 0 fully saturated rings. The van der Waals surface area contributed by atoms with Crippen LogP contribution >= 0.6 is 15.9 Å². The summed E-state index contributed by atoms with van der Waals surface area (Å²) in [5.41, 5.74) is 9.71. The van der Waals surface area contributed by atoms with Gasteiger partial charge in [-0.25, -0.2) is 9.97 Å². The predicted octanol–water partition coefficient (Wildman–Crippen LogP) is 12.8. The number of para-hydroxylation sites is 1. The highest BCUT2D eigenvalue weighted by molar-refractivity contribution is 9.10. The Bertz CT molecular complexity index is 3210. The molecule has 0 saturated carbocycles. The van der Waals surface area contributed by atoms with Gasteiger partial charge in [0.1, 0.15) is 0 Å². The van der Waals surface area contributed by atoms with Crippen LogP contribution in [0.25, 0.3) is 104 Å². The van der Waals surface area contributed by atoms with E-state index in [1.807, 2.05) is 6.07 Å². The lowest BCUT2D eigenvalue weighted by atomic mass is 9.99. The van der Waals surface area contributed by atoms with Crippen LogP contribution in [0.15, 0.2) is 162 Å². The molecule has 0 saturated heterocycles. The highest BCUT2D eigenvalue weighted by Crippen LogP contribution is 2.39. The van der Waals surface area contributed by atoms with Crippen LogP contribution in [0.5, 0.6) is 0 Å². The molecule has 11 rings (SSSR count). The Hall–Kier alpha value is -6.30. The van der Waals surface area contributed by atoms with Crippen LogP contribution in [0, 0.1) is 0 Å². The van der Waals surface area contributed by atoms with Gasteiger partial charge in [-0.05, 0) is 81.9 Å². The maximum absolute atomic E-state index is 5.35. The van der Waals surface area contributed by atoms with Gasteiger partial charge in [0, 0.05) is 53.4 Å². The molecule has 0 bridgehead atoms. The lowest BCUT2D eigenvalue weighted by Crippen LogP contribution is -2.03. The van der Waals surface area contributed by atoms with Gasteiger partial charge in [0.25, 0.3) is 0 Å². The summed E-state index contributed by atoms with van der Waals surface area (Å²) in [5.74, 6) is 0.662. The Balaban J connectivity index is 1.16. The molecule has 0 aliphatic heterocycles. The monoisotopic (exact) mass is 714 g/mol. The minimum Gasteiger partial charge on any atom is -0.354 e. The van der Waals surface area contributed by atoms with E-state index in [9.17, 15) is 0 Å². The number of aromatic nitrogens is 4. The van der Waals surface area contributed by atoms with Crippen molar-refractivity contribution < 1.29 is 0 Å². The molecule has 0 radical (unpaired) electrons. The molecule has 11 aromatic rings. The van der Waals surface area contributed by atoms with Crippen molar-refractivity contribution in [1.82, 2.24) is 19.5 Å². The number of aromatic amines is 1. The third kappa shape index (κ3) is 4.32. The normalized spacial score (nSPS) is 12.0. The van der Waals surface area contributed by atoms with Gasteiger partial charge in [0.15, 0.2) is 0 Å². The van der Waals surface area contributed by atoms with Crippen molar-refractivity contribution in [3.05, 3.63) is 162 Å². The van der Waals surface area contributed by atoms with E-state index in [1.165, 1.54) is 43.4 Å². The van der Waals surface area contributed by atoms with Gasteiger partial charge < -0.3 is 4.98 Å². The molecule has 0 atom stereocenters. The zero-order valence-corrected chi connectivity index (χ0v) is 28.8. The first kappa shape index (κ1) is 28.5. The van der Waals surface area contributed by atoms with Crippen molar-refractivity contribution in [2.24, 2.45) is 0 Å². The van der Waals surface area contributed by atoms with Crippen LogP contribution in [0.1, 0.15) is 0 Å². The molecular formula is C46H27BrN4. The summed E-state index contributed by atoms with van der Waals surface area (Å²) in [6, 6.07) is 56.3. The van der Waals surface area contributed by atoms with Crippen molar-refractivity contribution in [1.29, 1.82) is 0 Å². The fraction of sp³-hybridized carbons (Fsp3) is 0. The van der Waals surface area contributed by atoms with Crippen molar-refractivity contribution in [2.75, 3.05) is 0 Å². The molecule has 0 unspecified atom stereocenters. The highest BCUT2D eigenvalue weighted by Gasteiger charge is 2.19. The first-order valence-electron chi connectivity index (χ1n) is 17.1. The summed E-state index contributed by atoms with van der Waals surface area (Å²) in [5, 5.41) is 10.6. The Labute approximate surface area is 300 Å². The molecule has 0 aliphatic rings. The van der Waals surface area contributed by atoms with E-state index in [0.29, 0.717) is 5.95 Å². The van der Waals surface area contributed by atoms with Gasteiger partial charge in [-0.1, -0.05) is 119 Å². The molecule has 1 N–H and O–H groups in total. The minimum absolute atomic E-state index is 0.662. The smallest absolute Gasteiger partial charge is 0.235 e. The molecular weight excluding hydrogens is 688 g/mol. The molecule has 0 amide bonds. The van der Waals surface area contributed by atoms with Gasteiger partial charge in [-0.15, -0.1) is 0 Å². The number of benzene rings is 8. The van der Waals surface area contributed by atoms with Gasteiger partial charge in [0.2, 0.25) is 5.95 Å². The predicted molar refractivity (Wildman–Crippen MR) is 217 cm³/mol. The molecule has 3 aromatic heterocycles. The summed E-state index contributed by atoms with van der Waals surface area (Å²) < 4.78 is 3.31. The third-order valence-electron chi connectivity index (χ3n) is 10.4. The zero-order valence-electron chi connectivity index (χ0n) is 27.2. The number of nitrogens with zero attached hydrogens (tertiary/aromatic N) is 3. The average Bonchev–Trinajstić information content (AvgIpc) is 3.73. The highest BCUT2D eigenvalue weighted by atomic mass is 79.9. The Kier molecular flexibility index (Phi) is 6.07. The summed E-state index contributed by atoms with van der Waals surface area (Å²) in [6.07, 6.45) is 0. The molecule has 8 aromatic carbocycles. The zero-order chi connectivity index (χ0) is 33.6. The standard InChI is InChI=1S/C46H27BrN4/c47-32-19-14-28-16-22-40-43(36(28)26-32)38-25-30(17-21-39(38)48-40)31-18-23-42-37(24-31)34-12-6-7-13-41(34)51(42)46-49-44(29-9-2-1-3-10-29)35-20-15-27-8-4-5-11-33(27)45(35)50-46/h1-26,48H. The number of rotatable bonds is 3. The number of hydrogen-bond acceptors (Lipinski definition) is 2. The number of H-pyrrole nitrogens is 1. The topological polar surface area (TPSA) is 46.5 Å². The Morgan fingerprint density at radius 2 is 1.14 bits per heavy atom. The molecule has 0 aliphatic carbocycles. The van der Waals surface area contributed by atoms with Crippen LogP contribution in [0.4, 0.5) is 0 Å². The van der Waals surface area contributed by atoms with Crippen LogP contribution in [0.2, 0.25) is 0 Å². The van der Waals surface area contributed by atoms with Crippen LogP contribution < -0.4 is 0 Å². The number of nitrogens with one attached hydrogen (secondary N) is 1. The van der Waals surface area contributed by atoms with Crippen molar-refractivity contribution in [3.63, 3.8) is 0 Å². The molecule has 0 spiro atoms. The van der Waals surface area contributed by atoms with E-state index < -0.39 is 0 Å². The lowest BCUT2D eigenvalue weighted by molar-refractivity contribution is 1.02. The number of halogens is 1. The molecule has 3 heterocycles. The van der Waals surface area contributed by atoms with Crippen molar-refractivity contribution >= 4 is 92.0 Å². The minimum atomic E-state index is 0.662. The third-order valence-corrected chi connectivity index (χ3v) is 10.9. The largest absolute Gasteiger partial charge is 0.354 e. The fourth-order valence-electron chi connectivity index (χ4n) is 8.01. The van der Waals surface area contributed by atoms with Gasteiger partial charge >= 0.3 is 0 Å². The van der Waals surface area contributed by atoms with Gasteiger partial charge in [-0.2, -0.15) is 0 Å². The van der Waals surface area contributed by atoms with E-state index >= 15 is 0 Å². The maximum Gasteiger partial charge on any atom is 0.235 e. The van der Waals surface area contributed by atoms with E-state index in [2.05, 4.69) is 177 Å². The quantitative estimate of drug-likeness (QED) is 0.185. The first-order chi connectivity index (χ1) is 25.2. The summed E-state index contributed by atoms with van der Waals surface area (Å²) in [7, 11) is 0. The molecule has 4 nitrogen and oxygen atoms in total. The second-order valence-electron chi connectivity index (χ2n) is 13.2. The van der Waals surface area contributed by atoms with E-state index in [4.69, 9.17) is 9.97 Å². The second kappa shape index (κ2) is 10.8. The number of fused-ring (bicyclic) bond motifs is 11. The van der Waals surface area contributed by atoms with Crippen molar-refractivity contribution in [2.45, 2.75) is 0 Å². The van der Waals surface area contributed by atoms with E-state index in [0.717, 1.165) is 59.5 Å². The molecule has 51 heavy (non-hydrogen) atoms. The maximum atomic E-state index is 5.35. The van der Waals surface area contributed by atoms with Crippen LogP contribution in [-0.2, 0) is 0 Å². The lowest BCUT2D eigenvalue weighted by Gasteiger charge is -2.13. The first-order valence-corrected chi connectivity index (χ1v) is 17.9. The van der Waals surface area contributed by atoms with Gasteiger partial charge in [0.05, 0.1) is 22.2 Å². The molecule has 5 heteroatoms. The Morgan fingerprint density at radius 3 is 2.04 bits per heavy atom. The summed E-state index contributed by atoms with van der Waals surface area (Å²) in [4.78, 5) is 14.3. The van der Waals surface area contributed by atoms with Crippen LogP contribution in [0.3, 0.4) is 0 Å². The van der Waals surface area contributed by atoms with Gasteiger partial charge in [-0.3, -0.25) is 4.57 Å². The van der Waals surface area contributed by atoms with E-state index in [1.54, 1.807) is 0 Å². The second-order valence-corrected chi connectivity index (χ2v) is 14.2. The summed E-state index contributed by atoms with van der Waals surface area (Å²) >= 11 is 3.70. The Morgan fingerprint density at radius 1 is 0.451 bits per heavy atom. The van der Waals surface area contributed by atoms with Crippen LogP contribution in [-0.4, -0.2) is 19.5 Å². The number of hydrogen-bond donors (Lipinski definition) is 1. The average molecular weight is 716 g/mol. The summed E-state index contributed by atoms with van der Waals surface area (Å²) in [6.45, 7) is 0. The van der Waals surface area contributed by atoms with E-state index in [-0.39, 0.29) is 0 Å². The SMILES string of the molecule is Brc1ccc2ccc3[nH]c4ccc(-c5ccc6c(c5)c5ccccc5n6-c5nc(-c6ccccc6)c6ccc7ccccc7c6n5)cc4c3c2c1. The fourth-order valence-corrected chi connectivity index (χ4v) is 8.37. The molecule has 238 valence electrons. The van der Waals surface area contributed by atoms with Crippen molar-refractivity contribution in [3.8, 4) is 28.3 Å².